The van der Waals surface area contributed by atoms with Crippen LogP contribution in [0.25, 0.3) is 0 Å². The van der Waals surface area contributed by atoms with Gasteiger partial charge in [0.2, 0.25) is 0 Å². The quantitative estimate of drug-likeness (QED) is 0.257. The Morgan fingerprint density at radius 1 is 0.923 bits per heavy atom. The maximum atomic E-state index is 13.4. The Balaban J connectivity index is 1.94. The Morgan fingerprint density at radius 2 is 1.54 bits per heavy atom. The molecule has 13 heteroatoms. The van der Waals surface area contributed by atoms with Gasteiger partial charge in [-0.25, -0.2) is 9.59 Å². The Hall–Kier alpha value is -4.78. The first-order chi connectivity index (χ1) is 18.3. The molecule has 1 aromatic heterocycles. The van der Waals surface area contributed by atoms with Gasteiger partial charge in [0.1, 0.15) is 12.6 Å². The minimum absolute atomic E-state index is 0.0488. The Labute approximate surface area is 218 Å². The maximum absolute atomic E-state index is 13.4. The summed E-state index contributed by atoms with van der Waals surface area (Å²) >= 11 is 0. The molecule has 39 heavy (non-hydrogen) atoms. The van der Waals surface area contributed by atoms with Crippen LogP contribution in [0.2, 0.25) is 0 Å². The number of hydrogen-bond donors (Lipinski definition) is 3. The van der Waals surface area contributed by atoms with Crippen molar-refractivity contribution in [2.45, 2.75) is 30.9 Å². The van der Waals surface area contributed by atoms with E-state index in [0.717, 1.165) is 12.3 Å². The monoisotopic (exact) mass is 545 g/mol. The highest BCUT2D eigenvalue weighted by molar-refractivity contribution is 6.06. The smallest absolute Gasteiger partial charge is 0.452 e. The van der Waals surface area contributed by atoms with Crippen LogP contribution in [-0.4, -0.2) is 45.5 Å². The molecule has 204 valence electrons. The number of carboxylic acids is 1. The minimum atomic E-state index is -5.34. The molecule has 0 aliphatic heterocycles. The molecule has 0 saturated heterocycles. The third-order valence-electron chi connectivity index (χ3n) is 5.61. The van der Waals surface area contributed by atoms with Gasteiger partial charge in [-0.15, -0.1) is 0 Å². The first-order valence-electron chi connectivity index (χ1n) is 11.3. The van der Waals surface area contributed by atoms with Crippen molar-refractivity contribution in [3.05, 3.63) is 106 Å². The standard InChI is InChI=1S/C26H22F3N3O7/c27-26(28,29)21(34)19(14-16-6-2-1-3-7-16)31-23(37)25(30,32-13-5-4-8-20(32)33)24(38)39-15-17-9-11-18(12-10-17)22(35)36/h1-13,19H,14-15,30H2,(H,31,37)(H,35,36). The molecule has 0 aliphatic rings. The zero-order chi connectivity index (χ0) is 28.8. The summed E-state index contributed by atoms with van der Waals surface area (Å²) in [6.07, 6.45) is -4.96. The summed E-state index contributed by atoms with van der Waals surface area (Å²) in [5, 5.41) is 10.9. The summed E-state index contributed by atoms with van der Waals surface area (Å²) in [6.45, 7) is -0.526. The number of ether oxygens (including phenoxy) is 1. The van der Waals surface area contributed by atoms with Crippen molar-refractivity contribution in [1.29, 1.82) is 0 Å². The van der Waals surface area contributed by atoms with Crippen LogP contribution in [0.5, 0.6) is 0 Å². The second-order valence-electron chi connectivity index (χ2n) is 8.33. The number of pyridine rings is 1. The van der Waals surface area contributed by atoms with E-state index in [-0.39, 0.29) is 16.7 Å². The molecule has 4 N–H and O–H groups in total. The van der Waals surface area contributed by atoms with E-state index in [9.17, 15) is 37.1 Å². The maximum Gasteiger partial charge on any atom is 0.452 e. The number of carbonyl (C=O) groups is 4. The van der Waals surface area contributed by atoms with Gasteiger partial charge in [0.15, 0.2) is 0 Å². The van der Waals surface area contributed by atoms with E-state index in [2.05, 4.69) is 0 Å². The third kappa shape index (κ3) is 6.76. The SMILES string of the molecule is NC(C(=O)NC(Cc1ccccc1)C(=O)C(F)(F)F)(C(=O)OCc1ccc(C(=O)O)cc1)n1ccccc1=O. The Kier molecular flexibility index (Phi) is 8.66. The molecule has 0 fully saturated rings. The van der Waals surface area contributed by atoms with Crippen molar-refractivity contribution < 1.29 is 42.2 Å². The fourth-order valence-corrected chi connectivity index (χ4v) is 3.55. The van der Waals surface area contributed by atoms with E-state index < -0.39 is 60.1 Å². The van der Waals surface area contributed by atoms with E-state index >= 15 is 0 Å². The summed E-state index contributed by atoms with van der Waals surface area (Å²) < 4.78 is 45.7. The van der Waals surface area contributed by atoms with Crippen molar-refractivity contribution in [3.8, 4) is 0 Å². The number of alkyl halides is 3. The number of rotatable bonds is 10. The average molecular weight is 545 g/mol. The van der Waals surface area contributed by atoms with Crippen molar-refractivity contribution >= 4 is 23.6 Å². The number of amides is 1. The van der Waals surface area contributed by atoms with Gasteiger partial charge in [0.05, 0.1) is 5.56 Å². The van der Waals surface area contributed by atoms with Gasteiger partial charge in [-0.2, -0.15) is 13.2 Å². The lowest BCUT2D eigenvalue weighted by Crippen LogP contribution is -2.66. The van der Waals surface area contributed by atoms with Crippen LogP contribution in [0.15, 0.2) is 83.8 Å². The number of esters is 1. The summed E-state index contributed by atoms with van der Waals surface area (Å²) in [7, 11) is 0. The van der Waals surface area contributed by atoms with Crippen molar-refractivity contribution in [2.75, 3.05) is 0 Å². The molecule has 1 amide bonds. The fraction of sp³-hybridized carbons (Fsp3) is 0.192. The molecule has 10 nitrogen and oxygen atoms in total. The number of nitrogens with two attached hydrogens (primary N) is 1. The van der Waals surface area contributed by atoms with Crippen LogP contribution in [0, 0.1) is 0 Å². The molecule has 2 aromatic carbocycles. The van der Waals surface area contributed by atoms with E-state index in [0.29, 0.717) is 4.57 Å². The molecule has 3 aromatic rings. The number of carboxylic acid groups (broad SMARTS) is 1. The number of hydrogen-bond acceptors (Lipinski definition) is 7. The Morgan fingerprint density at radius 3 is 2.10 bits per heavy atom. The lowest BCUT2D eigenvalue weighted by atomic mass is 10.0. The lowest BCUT2D eigenvalue weighted by molar-refractivity contribution is -0.174. The van der Waals surface area contributed by atoms with Crippen LogP contribution in [-0.2, 0) is 37.8 Å². The molecule has 2 atom stereocenters. The number of Topliss-reactive ketones (excluding diaryl/α,β-unsaturated/α-hetero) is 1. The number of nitrogens with zero attached hydrogens (tertiary/aromatic N) is 1. The number of carbonyl (C=O) groups excluding carboxylic acids is 3. The number of aromatic carboxylic acids is 1. The molecule has 1 heterocycles. The van der Waals surface area contributed by atoms with Crippen LogP contribution in [0.1, 0.15) is 21.5 Å². The van der Waals surface area contributed by atoms with Gasteiger partial charge in [-0.3, -0.25) is 24.7 Å². The van der Waals surface area contributed by atoms with E-state index in [1.807, 2.05) is 5.32 Å². The van der Waals surface area contributed by atoms with E-state index in [1.54, 1.807) is 6.07 Å². The van der Waals surface area contributed by atoms with Crippen molar-refractivity contribution in [2.24, 2.45) is 5.73 Å². The molecule has 0 aliphatic carbocycles. The molecule has 0 radical (unpaired) electrons. The van der Waals surface area contributed by atoms with Crippen molar-refractivity contribution in [1.82, 2.24) is 9.88 Å². The normalized spacial score (nSPS) is 13.5. The second kappa shape index (κ2) is 11.7. The van der Waals surface area contributed by atoms with Crippen molar-refractivity contribution in [3.63, 3.8) is 0 Å². The first kappa shape index (κ1) is 28.8. The van der Waals surface area contributed by atoms with Gasteiger partial charge in [0.25, 0.3) is 22.9 Å². The number of nitrogens with one attached hydrogen (secondary N) is 1. The topological polar surface area (TPSA) is 158 Å². The molecule has 0 bridgehead atoms. The fourth-order valence-electron chi connectivity index (χ4n) is 3.55. The van der Waals surface area contributed by atoms with Gasteiger partial charge in [0, 0.05) is 18.7 Å². The van der Waals surface area contributed by atoms with Crippen LogP contribution < -0.4 is 16.6 Å². The first-order valence-corrected chi connectivity index (χ1v) is 11.3. The molecular formula is C26H22F3N3O7. The van der Waals surface area contributed by atoms with Crippen LogP contribution in [0.4, 0.5) is 13.2 Å². The van der Waals surface area contributed by atoms with Gasteiger partial charge in [-0.05, 0) is 29.3 Å². The molecule has 3 rings (SSSR count). The van der Waals surface area contributed by atoms with Crippen LogP contribution in [0.3, 0.4) is 0 Å². The highest BCUT2D eigenvalue weighted by Gasteiger charge is 2.50. The largest absolute Gasteiger partial charge is 0.478 e. The van der Waals surface area contributed by atoms with Gasteiger partial charge < -0.3 is 15.2 Å². The minimum Gasteiger partial charge on any atom is -0.478 e. The van der Waals surface area contributed by atoms with E-state index in [4.69, 9.17) is 15.6 Å². The molecule has 0 spiro atoms. The average Bonchev–Trinajstić information content (AvgIpc) is 2.91. The summed E-state index contributed by atoms with van der Waals surface area (Å²) in [6, 6.07) is 13.9. The highest BCUT2D eigenvalue weighted by Crippen LogP contribution is 2.21. The van der Waals surface area contributed by atoms with Gasteiger partial charge in [-0.1, -0.05) is 48.5 Å². The zero-order valence-electron chi connectivity index (χ0n) is 20.1. The summed E-state index contributed by atoms with van der Waals surface area (Å²) in [5.41, 5.74) is 2.62. The third-order valence-corrected chi connectivity index (χ3v) is 5.61. The lowest BCUT2D eigenvalue weighted by Gasteiger charge is -2.30. The summed E-state index contributed by atoms with van der Waals surface area (Å²) in [5.74, 6) is -6.61. The zero-order valence-corrected chi connectivity index (χ0v) is 20.1. The molecule has 0 saturated carbocycles. The number of ketones is 1. The highest BCUT2D eigenvalue weighted by atomic mass is 19.4. The van der Waals surface area contributed by atoms with Gasteiger partial charge >= 0.3 is 18.1 Å². The number of halogens is 3. The predicted molar refractivity (Wildman–Crippen MR) is 129 cm³/mol. The summed E-state index contributed by atoms with van der Waals surface area (Å²) in [4.78, 5) is 62.2. The molecular weight excluding hydrogens is 523 g/mol. The number of benzene rings is 2. The second-order valence-corrected chi connectivity index (χ2v) is 8.33. The Bertz CT molecular complexity index is 1420. The molecule has 2 unspecified atom stereocenters. The van der Waals surface area contributed by atoms with E-state index in [1.165, 1.54) is 60.7 Å². The number of aromatic nitrogens is 1. The van der Waals surface area contributed by atoms with Crippen LogP contribution >= 0.6 is 0 Å². The predicted octanol–water partition coefficient (Wildman–Crippen LogP) is 1.76.